The zero-order valence-corrected chi connectivity index (χ0v) is 9.84. The van der Waals surface area contributed by atoms with Gasteiger partial charge >= 0.3 is 5.97 Å². The fourth-order valence-electron chi connectivity index (χ4n) is 0.885. The molecule has 0 unspecified atom stereocenters. The first-order valence-electron chi connectivity index (χ1n) is 5.32. The van der Waals surface area contributed by atoms with E-state index in [0.717, 1.165) is 6.08 Å². The normalized spacial score (nSPS) is 8.53. The van der Waals surface area contributed by atoms with E-state index in [1.54, 1.807) is 0 Å². The Labute approximate surface area is 102 Å². The lowest BCUT2D eigenvalue weighted by molar-refractivity contribution is -0.137. The lowest BCUT2D eigenvalue weighted by atomic mass is 10.2. The molecular formula is C14H18O3. The van der Waals surface area contributed by atoms with Crippen molar-refractivity contribution in [3.05, 3.63) is 55.1 Å². The lowest BCUT2D eigenvalue weighted by Crippen LogP contribution is -2.02. The summed E-state index contributed by atoms with van der Waals surface area (Å²) >= 11 is 0. The zero-order chi connectivity index (χ0) is 12.9. The highest BCUT2D eigenvalue weighted by Crippen LogP contribution is 1.97. The molecule has 0 fully saturated rings. The monoisotopic (exact) mass is 234 g/mol. The van der Waals surface area contributed by atoms with Crippen LogP contribution in [0.25, 0.3) is 6.08 Å². The van der Waals surface area contributed by atoms with Crippen molar-refractivity contribution >= 4 is 12.0 Å². The van der Waals surface area contributed by atoms with Gasteiger partial charge in [0.2, 0.25) is 0 Å². The van der Waals surface area contributed by atoms with Crippen LogP contribution in [-0.4, -0.2) is 24.3 Å². The molecular weight excluding hydrogens is 216 g/mol. The second-order valence-electron chi connectivity index (χ2n) is 3.06. The largest absolute Gasteiger partial charge is 0.462 e. The highest BCUT2D eigenvalue weighted by Gasteiger charge is 1.91. The molecule has 3 heteroatoms. The van der Waals surface area contributed by atoms with Crippen LogP contribution < -0.4 is 0 Å². The summed E-state index contributed by atoms with van der Waals surface area (Å²) in [6.07, 6.45) is 3.41. The van der Waals surface area contributed by atoms with Crippen molar-refractivity contribution in [2.45, 2.75) is 6.42 Å². The molecule has 0 amide bonds. The topological polar surface area (TPSA) is 46.5 Å². The summed E-state index contributed by atoms with van der Waals surface area (Å²) in [5.41, 5.74) is 1.17. The van der Waals surface area contributed by atoms with E-state index in [4.69, 9.17) is 5.11 Å². The van der Waals surface area contributed by atoms with Gasteiger partial charge in [0.1, 0.15) is 0 Å². The minimum atomic E-state index is -0.441. The highest BCUT2D eigenvalue weighted by molar-refractivity contribution is 5.81. The van der Waals surface area contributed by atoms with Crippen molar-refractivity contribution in [3.8, 4) is 0 Å². The summed E-state index contributed by atoms with van der Waals surface area (Å²) in [5.74, 6) is -0.441. The van der Waals surface area contributed by atoms with Gasteiger partial charge in [-0.1, -0.05) is 49.6 Å². The number of aliphatic hydroxyl groups is 1. The second-order valence-corrected chi connectivity index (χ2v) is 3.06. The predicted octanol–water partition coefficient (Wildman–Crippen LogP) is 2.43. The van der Waals surface area contributed by atoms with E-state index in [-0.39, 0.29) is 13.2 Å². The van der Waals surface area contributed by atoms with E-state index in [1.165, 1.54) is 5.56 Å². The molecule has 1 aromatic carbocycles. The first-order valence-corrected chi connectivity index (χ1v) is 5.32. The minimum Gasteiger partial charge on any atom is -0.462 e. The Morgan fingerprint density at radius 3 is 2.35 bits per heavy atom. The lowest BCUT2D eigenvalue weighted by Gasteiger charge is -1.96. The molecule has 0 aliphatic rings. The smallest absolute Gasteiger partial charge is 0.330 e. The van der Waals surface area contributed by atoms with Gasteiger partial charge in [0.15, 0.2) is 0 Å². The third-order valence-corrected chi connectivity index (χ3v) is 1.75. The van der Waals surface area contributed by atoms with Gasteiger partial charge < -0.3 is 9.84 Å². The van der Waals surface area contributed by atoms with Crippen molar-refractivity contribution in [2.24, 2.45) is 0 Å². The van der Waals surface area contributed by atoms with Crippen LogP contribution in [0.2, 0.25) is 0 Å². The van der Waals surface area contributed by atoms with Gasteiger partial charge in [0, 0.05) is 19.1 Å². The third-order valence-electron chi connectivity index (χ3n) is 1.75. The zero-order valence-electron chi connectivity index (χ0n) is 9.84. The molecule has 0 bridgehead atoms. The maximum atomic E-state index is 10.3. The molecule has 1 rings (SSSR count). The van der Waals surface area contributed by atoms with Gasteiger partial charge in [-0.15, -0.1) is 0 Å². The van der Waals surface area contributed by atoms with Crippen LogP contribution >= 0.6 is 0 Å². The average molecular weight is 234 g/mol. The number of hydrogen-bond acceptors (Lipinski definition) is 3. The molecule has 92 valence electrons. The van der Waals surface area contributed by atoms with E-state index in [1.807, 2.05) is 36.4 Å². The number of esters is 1. The molecule has 0 heterocycles. The Hall–Kier alpha value is -1.87. The van der Waals surface area contributed by atoms with Crippen molar-refractivity contribution in [3.63, 3.8) is 0 Å². The molecule has 0 radical (unpaired) electrons. The van der Waals surface area contributed by atoms with Gasteiger partial charge in [0.05, 0.1) is 6.61 Å². The second kappa shape index (κ2) is 10.6. The summed E-state index contributed by atoms with van der Waals surface area (Å²) in [7, 11) is 0. The van der Waals surface area contributed by atoms with E-state index in [9.17, 15) is 4.79 Å². The van der Waals surface area contributed by atoms with Crippen LogP contribution in [-0.2, 0) is 9.53 Å². The number of ether oxygens (including phenoxy) is 1. The fourth-order valence-corrected chi connectivity index (χ4v) is 0.885. The average Bonchev–Trinajstić information content (AvgIpc) is 2.40. The third kappa shape index (κ3) is 9.08. The summed E-state index contributed by atoms with van der Waals surface area (Å²) < 4.78 is 4.51. The Kier molecular flexibility index (Phi) is 9.47. The first kappa shape index (κ1) is 15.1. The van der Waals surface area contributed by atoms with Crippen LogP contribution in [0.5, 0.6) is 0 Å². The summed E-state index contributed by atoms with van der Waals surface area (Å²) in [6, 6.07) is 10.0. The standard InChI is InChI=1S/C8H8.C6H10O3/c1-2-8-6-4-3-5-7-8;1-2-6(8)9-5-3-4-7/h2-7H,1H2;2,7H,1,3-5H2. The van der Waals surface area contributed by atoms with Crippen molar-refractivity contribution in [1.82, 2.24) is 0 Å². The van der Waals surface area contributed by atoms with E-state index < -0.39 is 5.97 Å². The predicted molar refractivity (Wildman–Crippen MR) is 69.4 cm³/mol. The summed E-state index contributed by atoms with van der Waals surface area (Å²) in [6.45, 7) is 7.14. The van der Waals surface area contributed by atoms with Crippen LogP contribution in [0.3, 0.4) is 0 Å². The number of hydrogen-bond donors (Lipinski definition) is 1. The summed E-state index contributed by atoms with van der Waals surface area (Å²) in [5, 5.41) is 8.23. The number of benzene rings is 1. The van der Waals surface area contributed by atoms with E-state index >= 15 is 0 Å². The molecule has 0 spiro atoms. The minimum absolute atomic E-state index is 0.0461. The number of carbonyl (C=O) groups excluding carboxylic acids is 1. The molecule has 0 saturated carbocycles. The molecule has 0 aliphatic heterocycles. The Bertz CT molecular complexity index is 331. The van der Waals surface area contributed by atoms with Gasteiger partial charge in [-0.25, -0.2) is 4.79 Å². The highest BCUT2D eigenvalue weighted by atomic mass is 16.5. The quantitative estimate of drug-likeness (QED) is 0.483. The number of aliphatic hydroxyl groups excluding tert-OH is 1. The van der Waals surface area contributed by atoms with Crippen molar-refractivity contribution < 1.29 is 14.6 Å². The Balaban J connectivity index is 0.000000302. The maximum absolute atomic E-state index is 10.3. The Morgan fingerprint density at radius 1 is 1.29 bits per heavy atom. The SMILES string of the molecule is C=CC(=O)OCCCO.C=Cc1ccccc1. The van der Waals surface area contributed by atoms with E-state index in [0.29, 0.717) is 6.42 Å². The molecule has 0 saturated heterocycles. The van der Waals surface area contributed by atoms with Gasteiger partial charge in [0.25, 0.3) is 0 Å². The number of rotatable bonds is 5. The first-order chi connectivity index (χ1) is 8.24. The van der Waals surface area contributed by atoms with Crippen LogP contribution in [0, 0.1) is 0 Å². The Morgan fingerprint density at radius 2 is 1.94 bits per heavy atom. The molecule has 1 N–H and O–H groups in total. The molecule has 0 atom stereocenters. The molecule has 0 aromatic heterocycles. The van der Waals surface area contributed by atoms with Crippen molar-refractivity contribution in [1.29, 1.82) is 0 Å². The van der Waals surface area contributed by atoms with Gasteiger partial charge in [-0.05, 0) is 5.56 Å². The molecule has 0 aliphatic carbocycles. The van der Waals surface area contributed by atoms with E-state index in [2.05, 4.69) is 17.9 Å². The maximum Gasteiger partial charge on any atom is 0.330 e. The molecule has 3 nitrogen and oxygen atoms in total. The fraction of sp³-hybridized carbons (Fsp3) is 0.214. The van der Waals surface area contributed by atoms with Crippen LogP contribution in [0.4, 0.5) is 0 Å². The van der Waals surface area contributed by atoms with Crippen LogP contribution in [0.1, 0.15) is 12.0 Å². The number of carbonyl (C=O) groups is 1. The molecule has 17 heavy (non-hydrogen) atoms. The van der Waals surface area contributed by atoms with Crippen LogP contribution in [0.15, 0.2) is 49.6 Å². The van der Waals surface area contributed by atoms with Crippen molar-refractivity contribution in [2.75, 3.05) is 13.2 Å². The van der Waals surface area contributed by atoms with Gasteiger partial charge in [-0.2, -0.15) is 0 Å². The summed E-state index contributed by atoms with van der Waals surface area (Å²) in [4.78, 5) is 10.3. The molecule has 1 aromatic rings. The van der Waals surface area contributed by atoms with Gasteiger partial charge in [-0.3, -0.25) is 0 Å².